The minimum Gasteiger partial charge on any atom is -0.492 e. The van der Waals surface area contributed by atoms with Gasteiger partial charge in [-0.15, -0.1) is 0 Å². The summed E-state index contributed by atoms with van der Waals surface area (Å²) in [6.45, 7) is -0.161. The van der Waals surface area contributed by atoms with E-state index in [-0.39, 0.29) is 12.4 Å². The Morgan fingerprint density at radius 2 is 2.15 bits per heavy atom. The van der Waals surface area contributed by atoms with Gasteiger partial charge in [0.05, 0.1) is 17.8 Å². The lowest BCUT2D eigenvalue weighted by Crippen LogP contribution is -1.98. The summed E-state index contributed by atoms with van der Waals surface area (Å²) in [7, 11) is 0. The number of hydrogen-bond donors (Lipinski definition) is 0. The zero-order chi connectivity index (χ0) is 9.68. The highest BCUT2D eigenvalue weighted by Crippen LogP contribution is 2.25. The van der Waals surface area contributed by atoms with Gasteiger partial charge in [0.15, 0.2) is 0 Å². The molecule has 0 aromatic heterocycles. The van der Waals surface area contributed by atoms with E-state index in [4.69, 9.17) is 4.74 Å². The van der Waals surface area contributed by atoms with Gasteiger partial charge < -0.3 is 4.74 Å². The maximum atomic E-state index is 12.7. The molecule has 0 atom stereocenters. The molecule has 0 saturated carbocycles. The first-order valence-electron chi connectivity index (χ1n) is 3.88. The standard InChI is InChI=1S/C9H9BrF2O/c10-8-3-2-7(12)6-9(8)13-5-1-4-11/h2-3,6H,1,4-5H2. The summed E-state index contributed by atoms with van der Waals surface area (Å²) in [4.78, 5) is 0. The van der Waals surface area contributed by atoms with Crippen LogP contribution in [0.3, 0.4) is 0 Å². The van der Waals surface area contributed by atoms with E-state index < -0.39 is 6.67 Å². The molecule has 0 heterocycles. The lowest BCUT2D eigenvalue weighted by Gasteiger charge is -2.06. The van der Waals surface area contributed by atoms with Crippen LogP contribution < -0.4 is 4.74 Å². The number of hydrogen-bond acceptors (Lipinski definition) is 1. The molecule has 0 N–H and O–H groups in total. The number of benzene rings is 1. The van der Waals surface area contributed by atoms with Gasteiger partial charge in [0.25, 0.3) is 0 Å². The molecule has 0 unspecified atom stereocenters. The average molecular weight is 251 g/mol. The van der Waals surface area contributed by atoms with Gasteiger partial charge in [0.1, 0.15) is 11.6 Å². The van der Waals surface area contributed by atoms with Gasteiger partial charge in [-0.2, -0.15) is 0 Å². The highest BCUT2D eigenvalue weighted by Gasteiger charge is 2.01. The normalized spacial score (nSPS) is 10.1. The molecule has 13 heavy (non-hydrogen) atoms. The molecule has 4 heteroatoms. The number of ether oxygens (including phenoxy) is 1. The predicted octanol–water partition coefficient (Wildman–Crippen LogP) is 3.33. The molecule has 72 valence electrons. The summed E-state index contributed by atoms with van der Waals surface area (Å²) >= 11 is 3.20. The van der Waals surface area contributed by atoms with Crippen molar-refractivity contribution in [2.24, 2.45) is 0 Å². The highest BCUT2D eigenvalue weighted by molar-refractivity contribution is 9.10. The Bertz CT molecular complexity index is 278. The summed E-state index contributed by atoms with van der Waals surface area (Å²) in [6, 6.07) is 4.15. The third-order valence-electron chi connectivity index (χ3n) is 1.43. The highest BCUT2D eigenvalue weighted by atomic mass is 79.9. The molecule has 0 amide bonds. The first-order chi connectivity index (χ1) is 6.24. The smallest absolute Gasteiger partial charge is 0.136 e. The van der Waals surface area contributed by atoms with E-state index in [2.05, 4.69) is 15.9 Å². The van der Waals surface area contributed by atoms with Crippen molar-refractivity contribution < 1.29 is 13.5 Å². The number of rotatable bonds is 4. The van der Waals surface area contributed by atoms with Crippen molar-refractivity contribution in [3.8, 4) is 5.75 Å². The lowest BCUT2D eigenvalue weighted by atomic mass is 10.3. The predicted molar refractivity (Wildman–Crippen MR) is 50.2 cm³/mol. The minimum atomic E-state index is -0.424. The van der Waals surface area contributed by atoms with E-state index in [1.54, 1.807) is 6.07 Å². The van der Waals surface area contributed by atoms with Gasteiger partial charge in [0.2, 0.25) is 0 Å². The van der Waals surface area contributed by atoms with E-state index in [1.165, 1.54) is 12.1 Å². The minimum absolute atomic E-state index is 0.262. The quantitative estimate of drug-likeness (QED) is 0.746. The summed E-state index contributed by atoms with van der Waals surface area (Å²) in [5.41, 5.74) is 0. The van der Waals surface area contributed by atoms with Crippen LogP contribution in [-0.2, 0) is 0 Å². The second-order valence-corrected chi connectivity index (χ2v) is 3.32. The van der Waals surface area contributed by atoms with Crippen molar-refractivity contribution in [2.75, 3.05) is 13.3 Å². The Balaban J connectivity index is 2.59. The van der Waals surface area contributed by atoms with Crippen molar-refractivity contribution in [3.63, 3.8) is 0 Å². The fraction of sp³-hybridized carbons (Fsp3) is 0.333. The van der Waals surface area contributed by atoms with Crippen LogP contribution in [0.4, 0.5) is 8.78 Å². The van der Waals surface area contributed by atoms with Gasteiger partial charge in [-0.25, -0.2) is 4.39 Å². The molecule has 0 aliphatic carbocycles. The lowest BCUT2D eigenvalue weighted by molar-refractivity contribution is 0.287. The first kappa shape index (κ1) is 10.4. The van der Waals surface area contributed by atoms with Crippen LogP contribution in [0.2, 0.25) is 0 Å². The average Bonchev–Trinajstić information content (AvgIpc) is 2.11. The van der Waals surface area contributed by atoms with Gasteiger partial charge in [-0.05, 0) is 28.1 Å². The van der Waals surface area contributed by atoms with Gasteiger partial charge in [-0.1, -0.05) is 0 Å². The van der Waals surface area contributed by atoms with Crippen LogP contribution >= 0.6 is 15.9 Å². The van der Waals surface area contributed by atoms with Crippen molar-refractivity contribution >= 4 is 15.9 Å². The van der Waals surface area contributed by atoms with E-state index in [9.17, 15) is 8.78 Å². The molecule has 1 rings (SSSR count). The van der Waals surface area contributed by atoms with Crippen molar-refractivity contribution in [1.29, 1.82) is 0 Å². The molecule has 0 saturated heterocycles. The Hall–Kier alpha value is -0.640. The van der Waals surface area contributed by atoms with Crippen LogP contribution in [0.5, 0.6) is 5.75 Å². The van der Waals surface area contributed by atoms with E-state index in [1.807, 2.05) is 0 Å². The maximum Gasteiger partial charge on any atom is 0.136 e. The number of halogens is 3. The second kappa shape index (κ2) is 5.17. The maximum absolute atomic E-state index is 12.7. The third-order valence-corrected chi connectivity index (χ3v) is 2.08. The van der Waals surface area contributed by atoms with Gasteiger partial charge >= 0.3 is 0 Å². The molecule has 1 aromatic rings. The van der Waals surface area contributed by atoms with Crippen LogP contribution in [0.15, 0.2) is 22.7 Å². The van der Waals surface area contributed by atoms with Crippen LogP contribution in [-0.4, -0.2) is 13.3 Å². The molecule has 1 nitrogen and oxygen atoms in total. The molecule has 0 spiro atoms. The summed E-state index contributed by atoms with van der Waals surface area (Å²) in [5, 5.41) is 0. The number of alkyl halides is 1. The first-order valence-corrected chi connectivity index (χ1v) is 4.67. The van der Waals surface area contributed by atoms with Crippen LogP contribution in [0.1, 0.15) is 6.42 Å². The molecule has 0 radical (unpaired) electrons. The van der Waals surface area contributed by atoms with E-state index in [0.717, 1.165) is 0 Å². The monoisotopic (exact) mass is 250 g/mol. The molecule has 0 aliphatic heterocycles. The summed E-state index contributed by atoms with van der Waals surface area (Å²) < 4.78 is 30.2. The van der Waals surface area contributed by atoms with E-state index in [0.29, 0.717) is 16.6 Å². The fourth-order valence-electron chi connectivity index (χ4n) is 0.824. The van der Waals surface area contributed by atoms with Crippen molar-refractivity contribution in [2.45, 2.75) is 6.42 Å². The Morgan fingerprint density at radius 3 is 2.85 bits per heavy atom. The van der Waals surface area contributed by atoms with Gasteiger partial charge in [0, 0.05) is 12.5 Å². The SMILES string of the molecule is FCCCOc1cc(F)ccc1Br. The largest absolute Gasteiger partial charge is 0.492 e. The van der Waals surface area contributed by atoms with Crippen molar-refractivity contribution in [1.82, 2.24) is 0 Å². The van der Waals surface area contributed by atoms with Crippen molar-refractivity contribution in [3.05, 3.63) is 28.5 Å². The Kier molecular flexibility index (Phi) is 4.15. The summed E-state index contributed by atoms with van der Waals surface area (Å²) in [6.07, 6.45) is 0.322. The third kappa shape index (κ3) is 3.30. The topological polar surface area (TPSA) is 9.23 Å². The zero-order valence-corrected chi connectivity index (χ0v) is 8.48. The van der Waals surface area contributed by atoms with Crippen LogP contribution in [0.25, 0.3) is 0 Å². The molecule has 0 bridgehead atoms. The Morgan fingerprint density at radius 1 is 1.38 bits per heavy atom. The zero-order valence-electron chi connectivity index (χ0n) is 6.90. The van der Waals surface area contributed by atoms with E-state index >= 15 is 0 Å². The molecule has 0 aliphatic rings. The second-order valence-electron chi connectivity index (χ2n) is 2.47. The fourth-order valence-corrected chi connectivity index (χ4v) is 1.19. The Labute approximate surface area is 83.8 Å². The molecule has 1 aromatic carbocycles. The van der Waals surface area contributed by atoms with Gasteiger partial charge in [-0.3, -0.25) is 4.39 Å². The molecule has 0 fully saturated rings. The molecular weight excluding hydrogens is 242 g/mol. The summed E-state index contributed by atoms with van der Waals surface area (Å²) in [5.74, 6) is 0.0481. The molecular formula is C9H9BrF2O. The van der Waals surface area contributed by atoms with Crippen LogP contribution in [0, 0.1) is 5.82 Å².